The molecule has 0 aliphatic carbocycles. The fourth-order valence-electron chi connectivity index (χ4n) is 2.84. The Labute approximate surface area is 147 Å². The van der Waals surface area contributed by atoms with Crippen molar-refractivity contribution in [3.8, 4) is 0 Å². The fraction of sp³-hybridized carbons (Fsp3) is 0.250. The lowest BCUT2D eigenvalue weighted by atomic mass is 10.1. The highest BCUT2D eigenvalue weighted by atomic mass is 16.3. The summed E-state index contributed by atoms with van der Waals surface area (Å²) in [5.74, 6) is -0.191. The van der Waals surface area contributed by atoms with Gasteiger partial charge in [-0.05, 0) is 47.3 Å². The SMILES string of the molecule is CN(C)c1cccc(C(=O)NCC(O)c2ccc3c(ccn3C)c2)c1. The summed E-state index contributed by atoms with van der Waals surface area (Å²) in [4.78, 5) is 14.3. The van der Waals surface area contributed by atoms with Crippen molar-refractivity contribution in [3.63, 3.8) is 0 Å². The minimum absolute atomic E-state index is 0.170. The van der Waals surface area contributed by atoms with Gasteiger partial charge < -0.3 is 19.9 Å². The van der Waals surface area contributed by atoms with E-state index in [1.54, 1.807) is 6.07 Å². The minimum atomic E-state index is -0.745. The summed E-state index contributed by atoms with van der Waals surface area (Å²) in [5, 5.41) is 14.3. The van der Waals surface area contributed by atoms with E-state index < -0.39 is 6.10 Å². The van der Waals surface area contributed by atoms with Crippen molar-refractivity contribution in [3.05, 3.63) is 65.9 Å². The zero-order chi connectivity index (χ0) is 18.0. The van der Waals surface area contributed by atoms with Gasteiger partial charge in [-0.25, -0.2) is 0 Å². The highest BCUT2D eigenvalue weighted by molar-refractivity contribution is 5.95. The summed E-state index contributed by atoms with van der Waals surface area (Å²) in [6, 6.07) is 15.2. The molecule has 0 spiro atoms. The normalized spacial score (nSPS) is 12.2. The molecule has 1 unspecified atom stereocenters. The van der Waals surface area contributed by atoms with E-state index in [-0.39, 0.29) is 12.5 Å². The van der Waals surface area contributed by atoms with Crippen molar-refractivity contribution in [2.45, 2.75) is 6.10 Å². The molecule has 5 heteroatoms. The van der Waals surface area contributed by atoms with Gasteiger partial charge in [0.25, 0.3) is 5.91 Å². The van der Waals surface area contributed by atoms with Gasteiger partial charge in [0.1, 0.15) is 0 Å². The number of nitrogens with one attached hydrogen (secondary N) is 1. The maximum absolute atomic E-state index is 12.3. The van der Waals surface area contributed by atoms with Crippen LogP contribution in [0.3, 0.4) is 0 Å². The van der Waals surface area contributed by atoms with Gasteiger partial charge in [-0.15, -0.1) is 0 Å². The van der Waals surface area contributed by atoms with E-state index in [1.807, 2.05) is 79.3 Å². The molecule has 2 aromatic carbocycles. The van der Waals surface area contributed by atoms with Gasteiger partial charge in [0.2, 0.25) is 0 Å². The van der Waals surface area contributed by atoms with Crippen LogP contribution in [0, 0.1) is 0 Å². The van der Waals surface area contributed by atoms with Crippen molar-refractivity contribution in [2.24, 2.45) is 7.05 Å². The Morgan fingerprint density at radius 3 is 2.76 bits per heavy atom. The molecule has 3 aromatic rings. The fourth-order valence-corrected chi connectivity index (χ4v) is 2.84. The molecular formula is C20H23N3O2. The molecule has 2 N–H and O–H groups in total. The lowest BCUT2D eigenvalue weighted by Crippen LogP contribution is -2.28. The van der Waals surface area contributed by atoms with Crippen LogP contribution in [0.25, 0.3) is 10.9 Å². The molecule has 0 saturated heterocycles. The second-order valence-electron chi connectivity index (χ2n) is 6.42. The van der Waals surface area contributed by atoms with Crippen molar-refractivity contribution >= 4 is 22.5 Å². The second kappa shape index (κ2) is 6.99. The van der Waals surface area contributed by atoms with Crippen LogP contribution in [0.15, 0.2) is 54.7 Å². The first-order chi connectivity index (χ1) is 12.0. The Bertz CT molecular complexity index is 899. The Balaban J connectivity index is 1.67. The number of nitrogens with zero attached hydrogens (tertiary/aromatic N) is 2. The van der Waals surface area contributed by atoms with Crippen LogP contribution in [-0.2, 0) is 7.05 Å². The first kappa shape index (κ1) is 17.0. The molecule has 3 rings (SSSR count). The topological polar surface area (TPSA) is 57.5 Å². The van der Waals surface area contributed by atoms with E-state index >= 15 is 0 Å². The summed E-state index contributed by atoms with van der Waals surface area (Å²) in [6.07, 6.45) is 1.24. The zero-order valence-corrected chi connectivity index (χ0v) is 14.7. The van der Waals surface area contributed by atoms with Crippen LogP contribution < -0.4 is 10.2 Å². The van der Waals surface area contributed by atoms with Gasteiger partial charge in [0.05, 0.1) is 6.10 Å². The predicted octanol–water partition coefficient (Wildman–Crippen LogP) is 2.71. The molecule has 1 atom stereocenters. The van der Waals surface area contributed by atoms with Gasteiger partial charge >= 0.3 is 0 Å². The third-order valence-corrected chi connectivity index (χ3v) is 4.37. The van der Waals surface area contributed by atoms with Gasteiger partial charge in [0, 0.05) is 50.7 Å². The van der Waals surface area contributed by atoms with E-state index in [1.165, 1.54) is 0 Å². The Hall–Kier alpha value is -2.79. The van der Waals surface area contributed by atoms with Gasteiger partial charge in [0.15, 0.2) is 0 Å². The molecule has 130 valence electrons. The van der Waals surface area contributed by atoms with E-state index in [9.17, 15) is 9.90 Å². The summed E-state index contributed by atoms with van der Waals surface area (Å²) in [6.45, 7) is 0.170. The summed E-state index contributed by atoms with van der Waals surface area (Å²) < 4.78 is 2.03. The standard InChI is InChI=1S/C20H23N3O2/c1-22(2)17-6-4-5-16(12-17)20(25)21-13-19(24)15-7-8-18-14(11-15)9-10-23(18)3/h4-12,19,24H,13H2,1-3H3,(H,21,25). The zero-order valence-electron chi connectivity index (χ0n) is 14.7. The third kappa shape index (κ3) is 3.67. The van der Waals surface area contributed by atoms with Crippen molar-refractivity contribution in [2.75, 3.05) is 25.5 Å². The number of aromatic nitrogens is 1. The Morgan fingerprint density at radius 1 is 1.20 bits per heavy atom. The van der Waals surface area contributed by atoms with Crippen LogP contribution in [0.2, 0.25) is 0 Å². The van der Waals surface area contributed by atoms with Crippen LogP contribution in [0.5, 0.6) is 0 Å². The molecule has 25 heavy (non-hydrogen) atoms. The first-order valence-electron chi connectivity index (χ1n) is 8.24. The molecule has 1 aromatic heterocycles. The number of carbonyl (C=O) groups excluding carboxylic acids is 1. The molecule has 5 nitrogen and oxygen atoms in total. The number of carbonyl (C=O) groups is 1. The average Bonchev–Trinajstić information content (AvgIpc) is 3.00. The third-order valence-electron chi connectivity index (χ3n) is 4.37. The molecule has 1 heterocycles. The quantitative estimate of drug-likeness (QED) is 0.753. The lowest BCUT2D eigenvalue weighted by Gasteiger charge is -2.15. The summed E-state index contributed by atoms with van der Waals surface area (Å²) in [7, 11) is 5.85. The monoisotopic (exact) mass is 337 g/mol. The molecule has 1 amide bonds. The highest BCUT2D eigenvalue weighted by Gasteiger charge is 2.12. The molecule has 0 bridgehead atoms. The number of aliphatic hydroxyl groups is 1. The lowest BCUT2D eigenvalue weighted by molar-refractivity contribution is 0.0916. The Morgan fingerprint density at radius 2 is 2.00 bits per heavy atom. The molecule has 0 saturated carbocycles. The number of rotatable bonds is 5. The Kier molecular flexibility index (Phi) is 4.76. The number of aryl methyl sites for hydroxylation is 1. The molecule has 0 fully saturated rings. The molecular weight excluding hydrogens is 314 g/mol. The second-order valence-corrected chi connectivity index (χ2v) is 6.42. The predicted molar refractivity (Wildman–Crippen MR) is 101 cm³/mol. The van der Waals surface area contributed by atoms with E-state index in [0.29, 0.717) is 5.56 Å². The summed E-state index contributed by atoms with van der Waals surface area (Å²) in [5.41, 5.74) is 3.45. The number of fused-ring (bicyclic) bond motifs is 1. The molecule has 0 aliphatic rings. The number of amides is 1. The van der Waals surface area contributed by atoms with Crippen molar-refractivity contribution in [1.29, 1.82) is 0 Å². The van der Waals surface area contributed by atoms with Gasteiger partial charge in [-0.1, -0.05) is 12.1 Å². The number of hydrogen-bond acceptors (Lipinski definition) is 3. The number of hydrogen-bond donors (Lipinski definition) is 2. The van der Waals surface area contributed by atoms with E-state index in [0.717, 1.165) is 22.2 Å². The summed E-state index contributed by atoms with van der Waals surface area (Å²) >= 11 is 0. The number of aliphatic hydroxyl groups excluding tert-OH is 1. The van der Waals surface area contributed by atoms with Crippen LogP contribution >= 0.6 is 0 Å². The number of benzene rings is 2. The number of anilines is 1. The van der Waals surface area contributed by atoms with Crippen molar-refractivity contribution in [1.82, 2.24) is 9.88 Å². The highest BCUT2D eigenvalue weighted by Crippen LogP contribution is 2.21. The van der Waals surface area contributed by atoms with E-state index in [4.69, 9.17) is 0 Å². The largest absolute Gasteiger partial charge is 0.387 e. The van der Waals surface area contributed by atoms with Gasteiger partial charge in [-0.2, -0.15) is 0 Å². The molecule has 0 radical (unpaired) electrons. The maximum atomic E-state index is 12.3. The maximum Gasteiger partial charge on any atom is 0.251 e. The average molecular weight is 337 g/mol. The van der Waals surface area contributed by atoms with Crippen LogP contribution in [0.1, 0.15) is 22.0 Å². The molecule has 0 aliphatic heterocycles. The van der Waals surface area contributed by atoms with Crippen LogP contribution in [0.4, 0.5) is 5.69 Å². The first-order valence-corrected chi connectivity index (χ1v) is 8.24. The van der Waals surface area contributed by atoms with E-state index in [2.05, 4.69) is 5.32 Å². The van der Waals surface area contributed by atoms with Crippen LogP contribution in [-0.4, -0.2) is 36.2 Å². The smallest absolute Gasteiger partial charge is 0.251 e. The van der Waals surface area contributed by atoms with Crippen molar-refractivity contribution < 1.29 is 9.90 Å². The minimum Gasteiger partial charge on any atom is -0.387 e. The van der Waals surface area contributed by atoms with Gasteiger partial charge in [-0.3, -0.25) is 4.79 Å².